The number of hydrogen-bond acceptors (Lipinski definition) is 3. The van der Waals surface area contributed by atoms with Gasteiger partial charge in [-0.15, -0.1) is 0 Å². The summed E-state index contributed by atoms with van der Waals surface area (Å²) in [4.78, 5) is 0. The Kier molecular flexibility index (Phi) is 3.54. The van der Waals surface area contributed by atoms with E-state index in [1.165, 1.54) is 0 Å². The molecule has 2 aromatic rings. The second kappa shape index (κ2) is 5.15. The Morgan fingerprint density at radius 1 is 0.818 bits per heavy atom. The largest absolute Gasteiger partial charge is 0.508 e. The highest BCUT2D eigenvalue weighted by molar-refractivity contribution is 6.62. The lowest BCUT2D eigenvalue weighted by Crippen LogP contribution is -2.41. The Hall–Kier alpha value is -1.78. The lowest BCUT2D eigenvalue weighted by molar-refractivity contribution is 0.00578. The van der Waals surface area contributed by atoms with E-state index in [-0.39, 0.29) is 5.75 Å². The van der Waals surface area contributed by atoms with Crippen molar-refractivity contribution in [2.75, 3.05) is 0 Å². The van der Waals surface area contributed by atoms with Crippen LogP contribution in [0.2, 0.25) is 0 Å². The van der Waals surface area contributed by atoms with Gasteiger partial charge in [-0.1, -0.05) is 36.4 Å². The lowest BCUT2D eigenvalue weighted by atomic mass is 9.77. The second-order valence-electron chi connectivity index (χ2n) is 6.77. The lowest BCUT2D eigenvalue weighted by Gasteiger charge is -2.32. The summed E-state index contributed by atoms with van der Waals surface area (Å²) >= 11 is 0. The average molecular weight is 296 g/mol. The standard InChI is InChI=1S/C18H21BO3/c1-17(2)18(3,4)22-19(21-17)15-10-14(11-16(20)12-15)13-8-6-5-7-9-13/h5-12,20H,1-4H3. The highest BCUT2D eigenvalue weighted by Crippen LogP contribution is 2.37. The van der Waals surface area contributed by atoms with Crippen LogP contribution in [0.15, 0.2) is 48.5 Å². The molecule has 22 heavy (non-hydrogen) atoms. The van der Waals surface area contributed by atoms with Gasteiger partial charge in [-0.05, 0) is 56.4 Å². The van der Waals surface area contributed by atoms with Gasteiger partial charge in [0.1, 0.15) is 5.75 Å². The highest BCUT2D eigenvalue weighted by Gasteiger charge is 2.51. The fourth-order valence-corrected chi connectivity index (χ4v) is 2.55. The zero-order valence-electron chi connectivity index (χ0n) is 13.5. The third kappa shape index (κ3) is 2.64. The molecule has 4 heteroatoms. The second-order valence-corrected chi connectivity index (χ2v) is 6.77. The maximum atomic E-state index is 10.1. The summed E-state index contributed by atoms with van der Waals surface area (Å²) in [6.45, 7) is 8.09. The molecule has 3 rings (SSSR count). The van der Waals surface area contributed by atoms with Crippen LogP contribution in [0.5, 0.6) is 5.75 Å². The predicted octanol–water partition coefficient (Wildman–Crippen LogP) is 3.36. The van der Waals surface area contributed by atoms with Crippen molar-refractivity contribution < 1.29 is 14.4 Å². The van der Waals surface area contributed by atoms with E-state index in [9.17, 15) is 5.11 Å². The van der Waals surface area contributed by atoms with Crippen LogP contribution in [0, 0.1) is 0 Å². The molecule has 0 bridgehead atoms. The molecular weight excluding hydrogens is 275 g/mol. The molecule has 0 aromatic heterocycles. The normalized spacial score (nSPS) is 19.4. The summed E-state index contributed by atoms with van der Waals surface area (Å²) < 4.78 is 12.1. The number of phenolic OH excluding ortho intramolecular Hbond substituents is 1. The van der Waals surface area contributed by atoms with Gasteiger partial charge in [-0.3, -0.25) is 0 Å². The minimum absolute atomic E-state index is 0.214. The van der Waals surface area contributed by atoms with E-state index in [4.69, 9.17) is 9.31 Å². The topological polar surface area (TPSA) is 38.7 Å². The Morgan fingerprint density at radius 2 is 1.41 bits per heavy atom. The molecule has 1 aliphatic heterocycles. The van der Waals surface area contributed by atoms with E-state index in [2.05, 4.69) is 0 Å². The Labute approximate surface area is 132 Å². The zero-order chi connectivity index (χ0) is 16.0. The van der Waals surface area contributed by atoms with E-state index in [0.717, 1.165) is 16.6 Å². The molecule has 0 unspecified atom stereocenters. The van der Waals surface area contributed by atoms with E-state index >= 15 is 0 Å². The fraction of sp³-hybridized carbons (Fsp3) is 0.333. The van der Waals surface area contributed by atoms with Crippen LogP contribution in [-0.4, -0.2) is 23.4 Å². The summed E-state index contributed by atoms with van der Waals surface area (Å²) in [5, 5.41) is 10.1. The number of benzene rings is 2. The maximum Gasteiger partial charge on any atom is 0.494 e. The van der Waals surface area contributed by atoms with E-state index < -0.39 is 18.3 Å². The molecule has 1 fully saturated rings. The molecule has 0 aliphatic carbocycles. The molecule has 1 aliphatic rings. The third-order valence-electron chi connectivity index (χ3n) is 4.57. The number of phenols is 1. The summed E-state index contributed by atoms with van der Waals surface area (Å²) in [6, 6.07) is 15.4. The van der Waals surface area contributed by atoms with E-state index in [1.807, 2.05) is 64.1 Å². The Bertz CT molecular complexity index is 664. The van der Waals surface area contributed by atoms with Crippen LogP contribution < -0.4 is 5.46 Å². The van der Waals surface area contributed by atoms with Gasteiger partial charge in [0.05, 0.1) is 11.2 Å². The average Bonchev–Trinajstić information content (AvgIpc) is 2.68. The van der Waals surface area contributed by atoms with Gasteiger partial charge in [-0.25, -0.2) is 0 Å². The van der Waals surface area contributed by atoms with Crippen LogP contribution >= 0.6 is 0 Å². The first-order chi connectivity index (χ1) is 10.3. The number of rotatable bonds is 2. The molecule has 0 radical (unpaired) electrons. The molecule has 0 amide bonds. The fourth-order valence-electron chi connectivity index (χ4n) is 2.55. The molecular formula is C18H21BO3. The van der Waals surface area contributed by atoms with Gasteiger partial charge in [-0.2, -0.15) is 0 Å². The van der Waals surface area contributed by atoms with Gasteiger partial charge in [0.15, 0.2) is 0 Å². The van der Waals surface area contributed by atoms with Crippen molar-refractivity contribution in [3.8, 4) is 16.9 Å². The van der Waals surface area contributed by atoms with E-state index in [1.54, 1.807) is 12.1 Å². The van der Waals surface area contributed by atoms with Crippen LogP contribution in [0.1, 0.15) is 27.7 Å². The molecule has 0 atom stereocenters. The first kappa shape index (κ1) is 15.1. The molecule has 114 valence electrons. The molecule has 1 N–H and O–H groups in total. The minimum Gasteiger partial charge on any atom is -0.508 e. The molecule has 0 saturated carbocycles. The van der Waals surface area contributed by atoms with Crippen molar-refractivity contribution in [3.63, 3.8) is 0 Å². The Balaban J connectivity index is 1.98. The summed E-state index contributed by atoms with van der Waals surface area (Å²) in [5.41, 5.74) is 2.05. The van der Waals surface area contributed by atoms with Crippen LogP contribution in [0.25, 0.3) is 11.1 Å². The number of aromatic hydroxyl groups is 1. The summed E-state index contributed by atoms with van der Waals surface area (Å²) in [5.74, 6) is 0.214. The summed E-state index contributed by atoms with van der Waals surface area (Å²) in [6.07, 6.45) is 0. The van der Waals surface area contributed by atoms with Crippen molar-refractivity contribution >= 4 is 12.6 Å². The monoisotopic (exact) mass is 296 g/mol. The van der Waals surface area contributed by atoms with Crippen LogP contribution in [-0.2, 0) is 9.31 Å². The van der Waals surface area contributed by atoms with Crippen molar-refractivity contribution in [3.05, 3.63) is 48.5 Å². The molecule has 0 spiro atoms. The SMILES string of the molecule is CC1(C)OB(c2cc(O)cc(-c3ccccc3)c2)OC1(C)C. The van der Waals surface area contributed by atoms with Gasteiger partial charge in [0, 0.05) is 0 Å². The molecule has 1 saturated heterocycles. The van der Waals surface area contributed by atoms with Crippen molar-refractivity contribution in [2.24, 2.45) is 0 Å². The molecule has 3 nitrogen and oxygen atoms in total. The minimum atomic E-state index is -0.473. The maximum absolute atomic E-state index is 10.1. The van der Waals surface area contributed by atoms with Gasteiger partial charge < -0.3 is 14.4 Å². The van der Waals surface area contributed by atoms with Crippen LogP contribution in [0.3, 0.4) is 0 Å². The first-order valence-electron chi connectivity index (χ1n) is 7.53. The van der Waals surface area contributed by atoms with Gasteiger partial charge >= 0.3 is 7.12 Å². The predicted molar refractivity (Wildman–Crippen MR) is 89.3 cm³/mol. The van der Waals surface area contributed by atoms with E-state index in [0.29, 0.717) is 0 Å². The molecule has 1 heterocycles. The third-order valence-corrected chi connectivity index (χ3v) is 4.57. The first-order valence-corrected chi connectivity index (χ1v) is 7.53. The quantitative estimate of drug-likeness (QED) is 0.864. The summed E-state index contributed by atoms with van der Waals surface area (Å²) in [7, 11) is -0.473. The van der Waals surface area contributed by atoms with Crippen molar-refractivity contribution in [1.29, 1.82) is 0 Å². The van der Waals surface area contributed by atoms with Gasteiger partial charge in [0.2, 0.25) is 0 Å². The van der Waals surface area contributed by atoms with Gasteiger partial charge in [0.25, 0.3) is 0 Å². The highest BCUT2D eigenvalue weighted by atomic mass is 16.7. The van der Waals surface area contributed by atoms with Crippen molar-refractivity contribution in [1.82, 2.24) is 0 Å². The van der Waals surface area contributed by atoms with Crippen molar-refractivity contribution in [2.45, 2.75) is 38.9 Å². The van der Waals surface area contributed by atoms with Crippen LogP contribution in [0.4, 0.5) is 0 Å². The zero-order valence-corrected chi connectivity index (χ0v) is 13.5. The number of hydrogen-bond donors (Lipinski definition) is 1. The molecule has 2 aromatic carbocycles. The Morgan fingerprint density at radius 3 is 2.00 bits per heavy atom. The smallest absolute Gasteiger partial charge is 0.494 e.